The van der Waals surface area contributed by atoms with Crippen LogP contribution in [0, 0.1) is 0 Å². The highest BCUT2D eigenvalue weighted by molar-refractivity contribution is 6.36. The average molecular weight is 296 g/mol. The van der Waals surface area contributed by atoms with Crippen LogP contribution in [0.25, 0.3) is 11.4 Å². The molecule has 0 saturated carbocycles. The van der Waals surface area contributed by atoms with Crippen LogP contribution < -0.4 is 5.32 Å². The summed E-state index contributed by atoms with van der Waals surface area (Å²) in [6, 6.07) is 7.29. The lowest BCUT2D eigenvalue weighted by atomic mass is 10.2. The third-order valence-electron chi connectivity index (χ3n) is 2.71. The van der Waals surface area contributed by atoms with Crippen LogP contribution in [0.5, 0.6) is 0 Å². The number of nitrogens with zero attached hydrogens (tertiary/aromatic N) is 2. The summed E-state index contributed by atoms with van der Waals surface area (Å²) in [6.07, 6.45) is 1.95. The molecular formula is C14H15Cl2N3. The molecule has 1 N–H and O–H groups in total. The highest BCUT2D eigenvalue weighted by atomic mass is 35.5. The molecule has 3 nitrogen and oxygen atoms in total. The van der Waals surface area contributed by atoms with Crippen molar-refractivity contribution in [2.45, 2.75) is 19.8 Å². The Balaban J connectivity index is 2.51. The van der Waals surface area contributed by atoms with Crippen LogP contribution in [-0.4, -0.2) is 17.0 Å². The fourth-order valence-corrected chi connectivity index (χ4v) is 2.29. The summed E-state index contributed by atoms with van der Waals surface area (Å²) in [4.78, 5) is 9.00. The Labute approximate surface area is 123 Å². The topological polar surface area (TPSA) is 37.8 Å². The number of hydrogen-bond donors (Lipinski definition) is 1. The predicted molar refractivity (Wildman–Crippen MR) is 81.0 cm³/mol. The summed E-state index contributed by atoms with van der Waals surface area (Å²) < 4.78 is 0. The van der Waals surface area contributed by atoms with E-state index in [1.807, 2.05) is 19.2 Å². The molecule has 0 unspecified atom stereocenters. The standard InChI is InChI=1S/C14H15Cl2N3/c1-3-4-10-8-13(17-2)19-14(18-10)11-6-5-9(15)7-12(11)16/h5-8H,3-4H2,1-2H3,(H,17,18,19). The van der Waals surface area contributed by atoms with Crippen molar-refractivity contribution < 1.29 is 0 Å². The average Bonchev–Trinajstić information content (AvgIpc) is 2.38. The molecule has 0 radical (unpaired) electrons. The predicted octanol–water partition coefficient (Wildman–Crippen LogP) is 4.44. The molecule has 5 heteroatoms. The van der Waals surface area contributed by atoms with Crippen molar-refractivity contribution in [1.29, 1.82) is 0 Å². The lowest BCUT2D eigenvalue weighted by Crippen LogP contribution is -2.01. The van der Waals surface area contributed by atoms with Crippen LogP contribution in [0.2, 0.25) is 10.0 Å². The van der Waals surface area contributed by atoms with Crippen LogP contribution in [0.1, 0.15) is 19.0 Å². The molecule has 2 aromatic rings. The Hall–Kier alpha value is -1.32. The van der Waals surface area contributed by atoms with Crippen molar-refractivity contribution >= 4 is 29.0 Å². The van der Waals surface area contributed by atoms with Gasteiger partial charge in [-0.15, -0.1) is 0 Å². The molecule has 0 spiro atoms. The van der Waals surface area contributed by atoms with E-state index in [1.165, 1.54) is 0 Å². The van der Waals surface area contributed by atoms with E-state index in [-0.39, 0.29) is 0 Å². The fraction of sp³-hybridized carbons (Fsp3) is 0.286. The molecule has 0 aliphatic rings. The van der Waals surface area contributed by atoms with Gasteiger partial charge in [0.15, 0.2) is 5.82 Å². The Morgan fingerprint density at radius 3 is 2.58 bits per heavy atom. The minimum atomic E-state index is 0.559. The summed E-state index contributed by atoms with van der Waals surface area (Å²) in [7, 11) is 1.84. The normalized spacial score (nSPS) is 10.5. The van der Waals surface area contributed by atoms with Gasteiger partial charge in [-0.25, -0.2) is 9.97 Å². The summed E-state index contributed by atoms with van der Waals surface area (Å²) in [5.41, 5.74) is 1.79. The Bertz CT molecular complexity index is 585. The number of benzene rings is 1. The van der Waals surface area contributed by atoms with Gasteiger partial charge in [-0.2, -0.15) is 0 Å². The number of halogens is 2. The largest absolute Gasteiger partial charge is 0.373 e. The highest BCUT2D eigenvalue weighted by Gasteiger charge is 2.10. The van der Waals surface area contributed by atoms with Crippen LogP contribution in [0.3, 0.4) is 0 Å². The number of nitrogens with one attached hydrogen (secondary N) is 1. The summed E-state index contributed by atoms with van der Waals surface area (Å²) in [6.45, 7) is 2.12. The first-order valence-corrected chi connectivity index (χ1v) is 6.90. The van der Waals surface area contributed by atoms with Gasteiger partial charge in [0.2, 0.25) is 0 Å². The molecule has 1 heterocycles. The van der Waals surface area contributed by atoms with E-state index in [9.17, 15) is 0 Å². The quantitative estimate of drug-likeness (QED) is 0.906. The molecule has 19 heavy (non-hydrogen) atoms. The van der Waals surface area contributed by atoms with Crippen LogP contribution in [0.15, 0.2) is 24.3 Å². The van der Waals surface area contributed by atoms with Gasteiger partial charge >= 0.3 is 0 Å². The first kappa shape index (κ1) is 14.1. The lowest BCUT2D eigenvalue weighted by Gasteiger charge is -2.08. The zero-order chi connectivity index (χ0) is 13.8. The number of aromatic nitrogens is 2. The van der Waals surface area contributed by atoms with Crippen LogP contribution >= 0.6 is 23.2 Å². The van der Waals surface area contributed by atoms with Gasteiger partial charge in [0.05, 0.1) is 5.02 Å². The summed E-state index contributed by atoms with van der Waals surface area (Å²) >= 11 is 12.1. The number of anilines is 1. The van der Waals surface area contributed by atoms with Gasteiger partial charge < -0.3 is 5.32 Å². The van der Waals surface area contributed by atoms with Crippen molar-refractivity contribution in [3.63, 3.8) is 0 Å². The molecule has 0 amide bonds. The zero-order valence-corrected chi connectivity index (χ0v) is 12.4. The molecule has 2 rings (SSSR count). The van der Waals surface area contributed by atoms with Gasteiger partial charge in [0.25, 0.3) is 0 Å². The minimum Gasteiger partial charge on any atom is -0.373 e. The van der Waals surface area contributed by atoms with Gasteiger partial charge in [-0.3, -0.25) is 0 Å². The Kier molecular flexibility index (Phi) is 4.61. The second kappa shape index (κ2) is 6.22. The first-order chi connectivity index (χ1) is 9.13. The van der Waals surface area contributed by atoms with Gasteiger partial charge in [-0.1, -0.05) is 36.5 Å². The third kappa shape index (κ3) is 3.37. The molecule has 0 bridgehead atoms. The van der Waals surface area contributed by atoms with Crippen molar-refractivity contribution in [3.05, 3.63) is 40.0 Å². The van der Waals surface area contributed by atoms with E-state index >= 15 is 0 Å². The van der Waals surface area contributed by atoms with E-state index in [4.69, 9.17) is 23.2 Å². The molecule has 1 aromatic heterocycles. The fourth-order valence-electron chi connectivity index (χ4n) is 1.80. The van der Waals surface area contributed by atoms with E-state index in [0.717, 1.165) is 29.9 Å². The van der Waals surface area contributed by atoms with E-state index in [1.54, 1.807) is 12.1 Å². The van der Waals surface area contributed by atoms with Gasteiger partial charge in [0.1, 0.15) is 5.82 Å². The second-order valence-corrected chi connectivity index (χ2v) is 5.04. The van der Waals surface area contributed by atoms with Crippen LogP contribution in [-0.2, 0) is 6.42 Å². The van der Waals surface area contributed by atoms with Crippen molar-refractivity contribution in [3.8, 4) is 11.4 Å². The molecule has 0 fully saturated rings. The maximum absolute atomic E-state index is 6.20. The molecule has 0 aliphatic carbocycles. The highest BCUT2D eigenvalue weighted by Crippen LogP contribution is 2.29. The Morgan fingerprint density at radius 1 is 1.16 bits per heavy atom. The van der Waals surface area contributed by atoms with Gasteiger partial charge in [0, 0.05) is 29.4 Å². The lowest BCUT2D eigenvalue weighted by molar-refractivity contribution is 0.876. The monoisotopic (exact) mass is 295 g/mol. The van der Waals surface area contributed by atoms with E-state index < -0.39 is 0 Å². The molecule has 1 aromatic carbocycles. The molecular weight excluding hydrogens is 281 g/mol. The Morgan fingerprint density at radius 2 is 1.95 bits per heavy atom. The molecule has 0 saturated heterocycles. The maximum atomic E-state index is 6.20. The minimum absolute atomic E-state index is 0.559. The smallest absolute Gasteiger partial charge is 0.163 e. The number of hydrogen-bond acceptors (Lipinski definition) is 3. The molecule has 0 atom stereocenters. The first-order valence-electron chi connectivity index (χ1n) is 6.15. The summed E-state index contributed by atoms with van der Waals surface area (Å²) in [5.74, 6) is 1.41. The van der Waals surface area contributed by atoms with Crippen LogP contribution in [0.4, 0.5) is 5.82 Å². The zero-order valence-electron chi connectivity index (χ0n) is 10.9. The van der Waals surface area contributed by atoms with Crippen molar-refractivity contribution in [2.75, 3.05) is 12.4 Å². The van der Waals surface area contributed by atoms with E-state index in [0.29, 0.717) is 15.9 Å². The van der Waals surface area contributed by atoms with Gasteiger partial charge in [-0.05, 0) is 24.6 Å². The van der Waals surface area contributed by atoms with E-state index in [2.05, 4.69) is 22.2 Å². The van der Waals surface area contributed by atoms with Crippen molar-refractivity contribution in [1.82, 2.24) is 9.97 Å². The number of aryl methyl sites for hydroxylation is 1. The molecule has 0 aliphatic heterocycles. The third-order valence-corrected chi connectivity index (χ3v) is 3.26. The van der Waals surface area contributed by atoms with Crippen molar-refractivity contribution in [2.24, 2.45) is 0 Å². The SMILES string of the molecule is CCCc1cc(NC)nc(-c2ccc(Cl)cc2Cl)n1. The number of rotatable bonds is 4. The summed E-state index contributed by atoms with van der Waals surface area (Å²) in [5, 5.41) is 4.21. The second-order valence-electron chi connectivity index (χ2n) is 4.19. The molecule has 100 valence electrons. The maximum Gasteiger partial charge on any atom is 0.163 e.